The molecule has 2 aliphatic rings. The minimum atomic E-state index is -4.35. The average Bonchev–Trinajstić information content (AvgIpc) is 3.05. The van der Waals surface area contributed by atoms with Gasteiger partial charge in [-0.05, 0) is 36.1 Å². The fraction of sp³-hybridized carbons (Fsp3) is 0.409. The molecular weight excluding hydrogens is 353 g/mol. The van der Waals surface area contributed by atoms with Gasteiger partial charge in [-0.2, -0.15) is 13.2 Å². The van der Waals surface area contributed by atoms with Gasteiger partial charge in [0, 0.05) is 11.3 Å². The predicted octanol–water partition coefficient (Wildman–Crippen LogP) is 5.12. The van der Waals surface area contributed by atoms with Crippen LogP contribution in [0.1, 0.15) is 41.9 Å². The molecule has 0 spiro atoms. The Morgan fingerprint density at radius 2 is 1.67 bits per heavy atom. The summed E-state index contributed by atoms with van der Waals surface area (Å²) in [6, 6.07) is 15.2. The molecule has 1 aliphatic heterocycles. The second-order valence-corrected chi connectivity index (χ2v) is 7.57. The van der Waals surface area contributed by atoms with E-state index in [1.54, 1.807) is 12.1 Å². The van der Waals surface area contributed by atoms with Crippen molar-refractivity contribution < 1.29 is 22.7 Å². The third kappa shape index (κ3) is 3.08. The van der Waals surface area contributed by atoms with Crippen molar-refractivity contribution in [2.45, 2.75) is 42.9 Å². The van der Waals surface area contributed by atoms with E-state index in [4.69, 9.17) is 4.74 Å². The number of benzene rings is 2. The monoisotopic (exact) mass is 374 g/mol. The lowest BCUT2D eigenvalue weighted by atomic mass is 9.58. The van der Waals surface area contributed by atoms with Gasteiger partial charge in [-0.15, -0.1) is 0 Å². The molecule has 0 bridgehead atoms. The third-order valence-corrected chi connectivity index (χ3v) is 6.23. The van der Waals surface area contributed by atoms with E-state index in [9.17, 15) is 18.0 Å². The van der Waals surface area contributed by atoms with Crippen molar-refractivity contribution in [2.75, 3.05) is 6.61 Å². The molecule has 27 heavy (non-hydrogen) atoms. The molecular formula is C22H21F3O2. The van der Waals surface area contributed by atoms with Crippen LogP contribution in [0.2, 0.25) is 0 Å². The van der Waals surface area contributed by atoms with Gasteiger partial charge in [0.15, 0.2) is 0 Å². The van der Waals surface area contributed by atoms with Crippen LogP contribution in [0.5, 0.6) is 0 Å². The van der Waals surface area contributed by atoms with Gasteiger partial charge in [0.05, 0.1) is 24.2 Å². The predicted molar refractivity (Wildman–Crippen MR) is 95.5 cm³/mol. The molecule has 0 aromatic heterocycles. The SMILES string of the molecule is O=C[C@H]1[C@@H](c2ccccc2)CO[C@@H]1C1(c2ccc(C(F)(F)F)cc2)CCC1. The molecule has 0 radical (unpaired) electrons. The fourth-order valence-corrected chi connectivity index (χ4v) is 4.64. The minimum Gasteiger partial charge on any atom is -0.376 e. The van der Waals surface area contributed by atoms with Crippen LogP contribution in [-0.2, 0) is 21.1 Å². The molecule has 5 heteroatoms. The van der Waals surface area contributed by atoms with Crippen molar-refractivity contribution in [1.29, 1.82) is 0 Å². The Hall–Kier alpha value is -2.14. The van der Waals surface area contributed by atoms with Gasteiger partial charge in [-0.3, -0.25) is 0 Å². The Kier molecular flexibility index (Phi) is 4.58. The van der Waals surface area contributed by atoms with Crippen LogP contribution in [-0.4, -0.2) is 19.0 Å². The summed E-state index contributed by atoms with van der Waals surface area (Å²) >= 11 is 0. The molecule has 1 saturated carbocycles. The first-order valence-electron chi connectivity index (χ1n) is 9.25. The molecule has 2 aromatic carbocycles. The van der Waals surface area contributed by atoms with Crippen molar-refractivity contribution >= 4 is 6.29 Å². The first-order valence-corrected chi connectivity index (χ1v) is 9.25. The lowest BCUT2D eigenvalue weighted by Crippen LogP contribution is -2.49. The molecule has 2 aromatic rings. The van der Waals surface area contributed by atoms with Gasteiger partial charge in [0.25, 0.3) is 0 Å². The van der Waals surface area contributed by atoms with Crippen LogP contribution in [0.4, 0.5) is 13.2 Å². The third-order valence-electron chi connectivity index (χ3n) is 6.23. The van der Waals surface area contributed by atoms with Gasteiger partial charge in [-0.1, -0.05) is 48.9 Å². The van der Waals surface area contributed by atoms with Crippen molar-refractivity contribution in [3.8, 4) is 0 Å². The van der Waals surface area contributed by atoms with E-state index in [-0.39, 0.29) is 23.4 Å². The summed E-state index contributed by atoms with van der Waals surface area (Å²) in [5.74, 6) is -0.310. The summed E-state index contributed by atoms with van der Waals surface area (Å²) in [5.41, 5.74) is 0.882. The first kappa shape index (κ1) is 18.2. The molecule has 0 amide bonds. The molecule has 1 saturated heterocycles. The summed E-state index contributed by atoms with van der Waals surface area (Å²) in [4.78, 5) is 12.0. The largest absolute Gasteiger partial charge is 0.416 e. The molecule has 0 N–H and O–H groups in total. The molecule has 2 fully saturated rings. The van der Waals surface area contributed by atoms with Gasteiger partial charge >= 0.3 is 6.18 Å². The van der Waals surface area contributed by atoms with E-state index < -0.39 is 11.7 Å². The van der Waals surface area contributed by atoms with E-state index in [1.165, 1.54) is 0 Å². The van der Waals surface area contributed by atoms with Crippen molar-refractivity contribution in [1.82, 2.24) is 0 Å². The number of aldehydes is 1. The van der Waals surface area contributed by atoms with Crippen LogP contribution >= 0.6 is 0 Å². The zero-order valence-corrected chi connectivity index (χ0v) is 14.8. The van der Waals surface area contributed by atoms with E-state index in [1.807, 2.05) is 30.3 Å². The lowest BCUT2D eigenvalue weighted by Gasteiger charge is -2.48. The van der Waals surface area contributed by atoms with Gasteiger partial charge in [0.1, 0.15) is 6.29 Å². The zero-order valence-electron chi connectivity index (χ0n) is 14.8. The van der Waals surface area contributed by atoms with E-state index in [2.05, 4.69) is 0 Å². The second kappa shape index (κ2) is 6.79. The smallest absolute Gasteiger partial charge is 0.376 e. The molecule has 0 unspecified atom stereocenters. The highest BCUT2D eigenvalue weighted by molar-refractivity contribution is 5.59. The van der Waals surface area contributed by atoms with E-state index in [0.717, 1.165) is 48.8 Å². The Morgan fingerprint density at radius 1 is 1.00 bits per heavy atom. The standard InChI is InChI=1S/C22H21F3O2/c23-22(24,25)17-9-7-16(8-10-17)21(11-4-12-21)20-18(13-26)19(14-27-20)15-5-2-1-3-6-15/h1-3,5-10,13,18-20H,4,11-12,14H2/t18-,19+,20-/m0/s1. The summed E-state index contributed by atoms with van der Waals surface area (Å²) in [6.07, 6.45) is -1.03. The van der Waals surface area contributed by atoms with Gasteiger partial charge in [0.2, 0.25) is 0 Å². The summed E-state index contributed by atoms with van der Waals surface area (Å²) < 4.78 is 44.8. The lowest BCUT2D eigenvalue weighted by molar-refractivity contribution is -0.137. The van der Waals surface area contributed by atoms with Crippen molar-refractivity contribution in [2.24, 2.45) is 5.92 Å². The van der Waals surface area contributed by atoms with Crippen molar-refractivity contribution in [3.63, 3.8) is 0 Å². The van der Waals surface area contributed by atoms with E-state index in [0.29, 0.717) is 6.61 Å². The Labute approximate surface area is 156 Å². The maximum Gasteiger partial charge on any atom is 0.416 e. The van der Waals surface area contributed by atoms with Gasteiger partial charge < -0.3 is 9.53 Å². The van der Waals surface area contributed by atoms with Crippen molar-refractivity contribution in [3.05, 3.63) is 71.3 Å². The summed E-state index contributed by atoms with van der Waals surface area (Å²) in [7, 11) is 0. The summed E-state index contributed by atoms with van der Waals surface area (Å²) in [5, 5.41) is 0. The molecule has 142 valence electrons. The zero-order chi connectivity index (χ0) is 19.1. The second-order valence-electron chi connectivity index (χ2n) is 7.57. The summed E-state index contributed by atoms with van der Waals surface area (Å²) in [6.45, 7) is 0.459. The highest BCUT2D eigenvalue weighted by Crippen LogP contribution is 2.53. The number of hydrogen-bond donors (Lipinski definition) is 0. The molecule has 2 nitrogen and oxygen atoms in total. The van der Waals surface area contributed by atoms with Crippen LogP contribution in [0.3, 0.4) is 0 Å². The van der Waals surface area contributed by atoms with Crippen LogP contribution in [0.15, 0.2) is 54.6 Å². The van der Waals surface area contributed by atoms with E-state index >= 15 is 0 Å². The topological polar surface area (TPSA) is 26.3 Å². The molecule has 3 atom stereocenters. The maximum absolute atomic E-state index is 12.9. The number of hydrogen-bond acceptors (Lipinski definition) is 2. The number of alkyl halides is 3. The van der Waals surface area contributed by atoms with Crippen LogP contribution in [0.25, 0.3) is 0 Å². The van der Waals surface area contributed by atoms with Gasteiger partial charge in [-0.25, -0.2) is 0 Å². The normalized spacial score (nSPS) is 27.1. The Morgan fingerprint density at radius 3 is 2.19 bits per heavy atom. The van der Waals surface area contributed by atoms with Crippen LogP contribution < -0.4 is 0 Å². The number of ether oxygens (including phenoxy) is 1. The first-order chi connectivity index (χ1) is 13.0. The number of halogens is 3. The minimum absolute atomic E-state index is 0.0133. The fourth-order valence-electron chi connectivity index (χ4n) is 4.64. The molecule has 4 rings (SSSR count). The highest BCUT2D eigenvalue weighted by Gasteiger charge is 2.54. The number of carbonyl (C=O) groups is 1. The maximum atomic E-state index is 12.9. The Bertz CT molecular complexity index is 795. The molecule has 1 heterocycles. The number of rotatable bonds is 4. The Balaban J connectivity index is 1.65. The van der Waals surface area contributed by atoms with Crippen LogP contribution in [0, 0.1) is 5.92 Å². The number of carbonyl (C=O) groups excluding carboxylic acids is 1. The molecule has 1 aliphatic carbocycles. The average molecular weight is 374 g/mol. The quantitative estimate of drug-likeness (QED) is 0.694. The highest BCUT2D eigenvalue weighted by atomic mass is 19.4.